The molecule has 0 aromatic carbocycles. The van der Waals surface area contributed by atoms with Gasteiger partial charge in [0, 0.05) is 25.7 Å². The van der Waals surface area contributed by atoms with Crippen LogP contribution in [0.2, 0.25) is 0 Å². The Morgan fingerprint density at radius 2 is 2.24 bits per heavy atom. The number of halogens is 1. The van der Waals surface area contributed by atoms with E-state index < -0.39 is 6.17 Å². The van der Waals surface area contributed by atoms with E-state index in [0.29, 0.717) is 31.1 Å². The maximum atomic E-state index is 13.3. The summed E-state index contributed by atoms with van der Waals surface area (Å²) in [7, 11) is 0. The third-order valence-corrected chi connectivity index (χ3v) is 4.01. The van der Waals surface area contributed by atoms with Crippen LogP contribution in [0, 0.1) is 0 Å². The maximum absolute atomic E-state index is 13.3. The van der Waals surface area contributed by atoms with E-state index in [1.54, 1.807) is 6.07 Å². The first kappa shape index (κ1) is 14.0. The van der Waals surface area contributed by atoms with Gasteiger partial charge in [-0.15, -0.1) is 0 Å². The monoisotopic (exact) mass is 293 g/mol. The van der Waals surface area contributed by atoms with Crippen LogP contribution >= 0.6 is 0 Å². The van der Waals surface area contributed by atoms with E-state index in [4.69, 9.17) is 0 Å². The summed E-state index contributed by atoms with van der Waals surface area (Å²) < 4.78 is 13.3. The number of hydrogen-bond acceptors (Lipinski definition) is 5. The molecule has 2 atom stereocenters. The molecule has 0 bridgehead atoms. The number of rotatable bonds is 4. The summed E-state index contributed by atoms with van der Waals surface area (Å²) in [6, 6.07) is 1.46. The van der Waals surface area contributed by atoms with Crippen LogP contribution in [-0.4, -0.2) is 59.2 Å². The van der Waals surface area contributed by atoms with Crippen molar-refractivity contribution in [2.75, 3.05) is 36.4 Å². The van der Waals surface area contributed by atoms with Crippen molar-refractivity contribution < 1.29 is 9.18 Å². The minimum absolute atomic E-state index is 0.0893. The molecule has 0 radical (unpaired) electrons. The number of anilines is 2. The zero-order valence-corrected chi connectivity index (χ0v) is 12.1. The summed E-state index contributed by atoms with van der Waals surface area (Å²) in [5.41, 5.74) is 0. The highest BCUT2D eigenvalue weighted by atomic mass is 19.1. The summed E-state index contributed by atoms with van der Waals surface area (Å²) >= 11 is 0. The summed E-state index contributed by atoms with van der Waals surface area (Å²) in [5.74, 6) is 1.39. The fraction of sp³-hybridized carbons (Fsp3) is 0.643. The Hall–Kier alpha value is -1.92. The number of carbonyl (C=O) groups is 1. The molecular weight excluding hydrogens is 273 g/mol. The number of amides is 1. The van der Waals surface area contributed by atoms with Gasteiger partial charge in [0.25, 0.3) is 0 Å². The molecule has 2 aliphatic rings. The van der Waals surface area contributed by atoms with Gasteiger partial charge in [-0.2, -0.15) is 0 Å². The fourth-order valence-corrected chi connectivity index (χ4v) is 2.62. The highest BCUT2D eigenvalue weighted by Gasteiger charge is 2.26. The van der Waals surface area contributed by atoms with E-state index in [1.165, 1.54) is 6.33 Å². The van der Waals surface area contributed by atoms with Crippen molar-refractivity contribution in [1.29, 1.82) is 0 Å². The van der Waals surface area contributed by atoms with Crippen LogP contribution in [0.1, 0.15) is 19.8 Å². The SMILES string of the molecule is C[C@@H](Nc1cc(N2CCC(F)C2)ncn1)C(=O)N1CCC1. The Morgan fingerprint density at radius 1 is 1.43 bits per heavy atom. The molecule has 6 nitrogen and oxygen atoms in total. The summed E-state index contributed by atoms with van der Waals surface area (Å²) in [6.45, 7) is 4.55. The number of hydrogen-bond donors (Lipinski definition) is 1. The van der Waals surface area contributed by atoms with Gasteiger partial charge in [-0.05, 0) is 19.8 Å². The molecule has 1 amide bonds. The van der Waals surface area contributed by atoms with Gasteiger partial charge >= 0.3 is 0 Å². The fourth-order valence-electron chi connectivity index (χ4n) is 2.62. The summed E-state index contributed by atoms with van der Waals surface area (Å²) in [6.07, 6.45) is 2.28. The van der Waals surface area contributed by atoms with Crippen LogP contribution < -0.4 is 10.2 Å². The van der Waals surface area contributed by atoms with E-state index >= 15 is 0 Å². The standard InChI is InChI=1S/C14H20FN5O/c1-10(14(21)19-4-2-5-19)18-12-7-13(17-9-16-12)20-6-3-11(15)8-20/h7,9-11H,2-6,8H2,1H3,(H,16,17,18)/t10-,11?/m1/s1. The summed E-state index contributed by atoms with van der Waals surface area (Å²) in [4.78, 5) is 24.1. The molecular formula is C14H20FN5O. The first-order valence-electron chi connectivity index (χ1n) is 7.40. The Balaban J connectivity index is 1.64. The molecule has 0 aliphatic carbocycles. The highest BCUT2D eigenvalue weighted by molar-refractivity contribution is 5.84. The quantitative estimate of drug-likeness (QED) is 0.899. The van der Waals surface area contributed by atoms with Crippen molar-refractivity contribution in [3.63, 3.8) is 0 Å². The zero-order chi connectivity index (χ0) is 14.8. The molecule has 7 heteroatoms. The Labute approximate surface area is 123 Å². The lowest BCUT2D eigenvalue weighted by atomic mass is 10.2. The molecule has 21 heavy (non-hydrogen) atoms. The number of carbonyl (C=O) groups excluding carboxylic acids is 1. The van der Waals surface area contributed by atoms with Gasteiger partial charge in [-0.25, -0.2) is 14.4 Å². The lowest BCUT2D eigenvalue weighted by Crippen LogP contribution is -2.48. The van der Waals surface area contributed by atoms with Crippen molar-refractivity contribution in [3.05, 3.63) is 12.4 Å². The number of likely N-dealkylation sites (tertiary alicyclic amines) is 1. The molecule has 1 N–H and O–H groups in total. The number of nitrogens with one attached hydrogen (secondary N) is 1. The third-order valence-electron chi connectivity index (χ3n) is 4.01. The average Bonchev–Trinajstić information content (AvgIpc) is 2.84. The van der Waals surface area contributed by atoms with E-state index in [0.717, 1.165) is 19.5 Å². The van der Waals surface area contributed by atoms with E-state index in [-0.39, 0.29) is 11.9 Å². The minimum Gasteiger partial charge on any atom is -0.358 e. The van der Waals surface area contributed by atoms with Gasteiger partial charge in [0.05, 0.1) is 6.54 Å². The van der Waals surface area contributed by atoms with Crippen LogP contribution in [0.5, 0.6) is 0 Å². The van der Waals surface area contributed by atoms with Crippen molar-refractivity contribution in [3.8, 4) is 0 Å². The van der Waals surface area contributed by atoms with Crippen LogP contribution in [0.25, 0.3) is 0 Å². The van der Waals surface area contributed by atoms with E-state index in [1.807, 2.05) is 16.7 Å². The molecule has 0 spiro atoms. The molecule has 1 aromatic heterocycles. The van der Waals surface area contributed by atoms with Crippen LogP contribution in [-0.2, 0) is 4.79 Å². The second-order valence-corrected chi connectivity index (χ2v) is 5.64. The van der Waals surface area contributed by atoms with Crippen molar-refractivity contribution >= 4 is 17.5 Å². The molecule has 3 rings (SSSR count). The minimum atomic E-state index is -0.789. The van der Waals surface area contributed by atoms with Crippen molar-refractivity contribution in [2.24, 2.45) is 0 Å². The third kappa shape index (κ3) is 3.06. The molecule has 2 fully saturated rings. The summed E-state index contributed by atoms with van der Waals surface area (Å²) in [5, 5.41) is 3.10. The molecule has 0 saturated carbocycles. The zero-order valence-electron chi connectivity index (χ0n) is 12.1. The van der Waals surface area contributed by atoms with Gasteiger partial charge in [-0.3, -0.25) is 4.79 Å². The lowest BCUT2D eigenvalue weighted by molar-refractivity contribution is -0.135. The van der Waals surface area contributed by atoms with Gasteiger partial charge in [0.2, 0.25) is 5.91 Å². The van der Waals surface area contributed by atoms with Crippen molar-refractivity contribution in [2.45, 2.75) is 32.0 Å². The van der Waals surface area contributed by atoms with Crippen LogP contribution in [0.15, 0.2) is 12.4 Å². The van der Waals surface area contributed by atoms with Gasteiger partial charge < -0.3 is 15.1 Å². The van der Waals surface area contributed by atoms with Crippen LogP contribution in [0.3, 0.4) is 0 Å². The number of alkyl halides is 1. The predicted octanol–water partition coefficient (Wildman–Crippen LogP) is 1.06. The Kier molecular flexibility index (Phi) is 3.90. The van der Waals surface area contributed by atoms with Gasteiger partial charge in [-0.1, -0.05) is 0 Å². The Bertz CT molecular complexity index is 522. The molecule has 2 saturated heterocycles. The number of nitrogens with zero attached hydrogens (tertiary/aromatic N) is 4. The van der Waals surface area contributed by atoms with Gasteiger partial charge in [0.1, 0.15) is 30.2 Å². The molecule has 1 unspecified atom stereocenters. The lowest BCUT2D eigenvalue weighted by Gasteiger charge is -2.33. The van der Waals surface area contributed by atoms with E-state index in [2.05, 4.69) is 15.3 Å². The first-order valence-corrected chi connectivity index (χ1v) is 7.40. The first-order chi connectivity index (χ1) is 10.1. The largest absolute Gasteiger partial charge is 0.358 e. The second-order valence-electron chi connectivity index (χ2n) is 5.64. The van der Waals surface area contributed by atoms with Crippen molar-refractivity contribution in [1.82, 2.24) is 14.9 Å². The number of aromatic nitrogens is 2. The molecule has 1 aromatic rings. The van der Waals surface area contributed by atoms with Gasteiger partial charge in [0.15, 0.2) is 0 Å². The highest BCUT2D eigenvalue weighted by Crippen LogP contribution is 2.21. The Morgan fingerprint density at radius 3 is 2.86 bits per heavy atom. The normalized spacial score (nSPS) is 22.9. The molecule has 114 valence electrons. The topological polar surface area (TPSA) is 61.4 Å². The smallest absolute Gasteiger partial charge is 0.244 e. The second kappa shape index (κ2) is 5.83. The maximum Gasteiger partial charge on any atom is 0.244 e. The average molecular weight is 293 g/mol. The van der Waals surface area contributed by atoms with E-state index in [9.17, 15) is 9.18 Å². The predicted molar refractivity (Wildman–Crippen MR) is 78.0 cm³/mol. The molecule has 2 aliphatic heterocycles. The molecule has 3 heterocycles. The van der Waals surface area contributed by atoms with Crippen LogP contribution in [0.4, 0.5) is 16.0 Å².